The normalized spacial score (nSPS) is 11.9. The smallest absolute Gasteiger partial charge is 0.416 e. The molecule has 0 aliphatic rings. The maximum absolute atomic E-state index is 12.7. The molecular weight excluding hydrogens is 471 g/mol. The van der Waals surface area contributed by atoms with E-state index in [9.17, 15) is 18.0 Å². The number of carbonyl (C=O) groups is 1. The molecule has 0 spiro atoms. The zero-order valence-electron chi connectivity index (χ0n) is 18.1. The highest BCUT2D eigenvalue weighted by molar-refractivity contribution is 6.30. The number of hydrogen-bond donors (Lipinski definition) is 1. The Morgan fingerprint density at radius 2 is 1.65 bits per heavy atom. The van der Waals surface area contributed by atoms with Gasteiger partial charge >= 0.3 is 12.1 Å². The highest BCUT2D eigenvalue weighted by Crippen LogP contribution is 2.29. The van der Waals surface area contributed by atoms with Crippen LogP contribution in [0.15, 0.2) is 71.9 Å². The average Bonchev–Trinajstić information content (AvgIpc) is 2.78. The van der Waals surface area contributed by atoms with Crippen molar-refractivity contribution in [3.63, 3.8) is 0 Å². The maximum atomic E-state index is 12.7. The van der Waals surface area contributed by atoms with Crippen molar-refractivity contribution < 1.29 is 32.6 Å². The molecule has 3 aromatic rings. The van der Waals surface area contributed by atoms with Gasteiger partial charge in [0.2, 0.25) is 0 Å². The molecule has 3 aromatic carbocycles. The zero-order chi connectivity index (χ0) is 24.7. The van der Waals surface area contributed by atoms with Crippen LogP contribution in [0.2, 0.25) is 5.02 Å². The lowest BCUT2D eigenvalue weighted by molar-refractivity contribution is -0.139. The lowest BCUT2D eigenvalue weighted by Gasteiger charge is -2.12. The van der Waals surface area contributed by atoms with Crippen molar-refractivity contribution in [2.24, 2.45) is 5.16 Å². The van der Waals surface area contributed by atoms with Gasteiger partial charge in [-0.25, -0.2) is 4.79 Å². The Morgan fingerprint density at radius 1 is 1.00 bits per heavy atom. The van der Waals surface area contributed by atoms with E-state index in [-0.39, 0.29) is 6.61 Å². The van der Waals surface area contributed by atoms with E-state index < -0.39 is 24.3 Å². The SMILES string of the molecule is Cc1cc(/C(Cc2ccc(Cl)cc2)=N/OCc2ccc(C(F)(F)F)cc2)ccc1OCC(=O)O. The Balaban J connectivity index is 1.80. The van der Waals surface area contributed by atoms with E-state index in [1.165, 1.54) is 12.1 Å². The standard InChI is InChI=1S/C25H21ClF3NO4/c1-16-12-19(6-11-23(16)33-15-24(31)32)22(13-17-4-9-21(26)10-5-17)30-34-14-18-2-7-20(8-3-18)25(27,28)29/h2-12H,13-15H2,1H3,(H,31,32)/b30-22+. The molecule has 0 saturated carbocycles. The molecule has 5 nitrogen and oxygen atoms in total. The molecule has 0 heterocycles. The van der Waals surface area contributed by atoms with Gasteiger partial charge in [0.05, 0.1) is 11.3 Å². The molecule has 0 fully saturated rings. The molecule has 34 heavy (non-hydrogen) atoms. The molecule has 3 rings (SSSR count). The molecule has 0 bridgehead atoms. The quantitative estimate of drug-likeness (QED) is 0.282. The van der Waals surface area contributed by atoms with Crippen LogP contribution in [-0.4, -0.2) is 23.4 Å². The summed E-state index contributed by atoms with van der Waals surface area (Å²) in [7, 11) is 0. The minimum atomic E-state index is -4.40. The first-order chi connectivity index (χ1) is 16.1. The summed E-state index contributed by atoms with van der Waals surface area (Å²) in [6, 6.07) is 17.1. The average molecular weight is 492 g/mol. The molecule has 178 valence electrons. The van der Waals surface area contributed by atoms with Crippen LogP contribution in [0.5, 0.6) is 5.75 Å². The van der Waals surface area contributed by atoms with Crippen molar-refractivity contribution in [2.75, 3.05) is 6.61 Å². The third-order valence-corrected chi connectivity index (χ3v) is 5.08. The molecule has 0 amide bonds. The lowest BCUT2D eigenvalue weighted by Crippen LogP contribution is -2.11. The van der Waals surface area contributed by atoms with Gasteiger partial charge < -0.3 is 14.7 Å². The van der Waals surface area contributed by atoms with Crippen molar-refractivity contribution in [1.82, 2.24) is 0 Å². The van der Waals surface area contributed by atoms with Crippen molar-refractivity contribution in [2.45, 2.75) is 26.1 Å². The number of nitrogens with zero attached hydrogens (tertiary/aromatic N) is 1. The van der Waals surface area contributed by atoms with E-state index in [0.717, 1.165) is 23.3 Å². The third kappa shape index (κ3) is 7.25. The van der Waals surface area contributed by atoms with Gasteiger partial charge in [-0.2, -0.15) is 13.2 Å². The van der Waals surface area contributed by atoms with Gasteiger partial charge in [0, 0.05) is 17.0 Å². The molecule has 0 aromatic heterocycles. The summed E-state index contributed by atoms with van der Waals surface area (Å²) in [5, 5.41) is 13.7. The van der Waals surface area contributed by atoms with E-state index in [1.54, 1.807) is 37.3 Å². The molecule has 0 saturated heterocycles. The molecule has 0 atom stereocenters. The third-order valence-electron chi connectivity index (χ3n) is 4.83. The first-order valence-corrected chi connectivity index (χ1v) is 10.5. The van der Waals surface area contributed by atoms with Crippen molar-refractivity contribution in [3.05, 3.63) is 99.6 Å². The van der Waals surface area contributed by atoms with E-state index in [0.29, 0.717) is 34.0 Å². The fourth-order valence-corrected chi connectivity index (χ4v) is 3.21. The molecule has 0 radical (unpaired) electrons. The monoisotopic (exact) mass is 491 g/mol. The van der Waals surface area contributed by atoms with Crippen LogP contribution in [-0.2, 0) is 28.8 Å². The number of benzene rings is 3. The van der Waals surface area contributed by atoms with Gasteiger partial charge in [0.1, 0.15) is 12.4 Å². The van der Waals surface area contributed by atoms with E-state index in [1.807, 2.05) is 12.1 Å². The van der Waals surface area contributed by atoms with Crippen molar-refractivity contribution in [3.8, 4) is 5.75 Å². The van der Waals surface area contributed by atoms with Crippen LogP contribution in [0.3, 0.4) is 0 Å². The molecule has 1 N–H and O–H groups in total. The van der Waals surface area contributed by atoms with E-state index >= 15 is 0 Å². The number of aryl methyl sites for hydroxylation is 1. The van der Waals surface area contributed by atoms with Gasteiger partial charge in [-0.15, -0.1) is 0 Å². The predicted octanol–water partition coefficient (Wildman–Crippen LogP) is 6.29. The number of carboxylic acids is 1. The predicted molar refractivity (Wildman–Crippen MR) is 122 cm³/mol. The summed E-state index contributed by atoms with van der Waals surface area (Å²) >= 11 is 5.97. The number of hydrogen-bond acceptors (Lipinski definition) is 4. The number of rotatable bonds is 9. The van der Waals surface area contributed by atoms with Crippen molar-refractivity contribution >= 4 is 23.3 Å². The van der Waals surface area contributed by atoms with Crippen LogP contribution in [0.1, 0.15) is 27.8 Å². The van der Waals surface area contributed by atoms with Gasteiger partial charge in [0.15, 0.2) is 6.61 Å². The Hall–Kier alpha value is -3.52. The van der Waals surface area contributed by atoms with Crippen LogP contribution in [0.4, 0.5) is 13.2 Å². The highest BCUT2D eigenvalue weighted by Gasteiger charge is 2.29. The van der Waals surface area contributed by atoms with Crippen molar-refractivity contribution in [1.29, 1.82) is 0 Å². The fraction of sp³-hybridized carbons (Fsp3) is 0.200. The molecule has 0 aliphatic heterocycles. The summed E-state index contributed by atoms with van der Waals surface area (Å²) in [5.74, 6) is -0.646. The van der Waals surface area contributed by atoms with Crippen LogP contribution in [0, 0.1) is 6.92 Å². The Kier molecular flexibility index (Phi) is 8.17. The van der Waals surface area contributed by atoms with Gasteiger partial charge in [-0.05, 0) is 66.1 Å². The van der Waals surface area contributed by atoms with E-state index in [2.05, 4.69) is 5.16 Å². The van der Waals surface area contributed by atoms with Gasteiger partial charge in [-0.1, -0.05) is 41.0 Å². The maximum Gasteiger partial charge on any atom is 0.416 e. The second-order valence-corrected chi connectivity index (χ2v) is 7.91. The molecule has 0 unspecified atom stereocenters. The zero-order valence-corrected chi connectivity index (χ0v) is 18.9. The topological polar surface area (TPSA) is 68.1 Å². The number of ether oxygens (including phenoxy) is 1. The fourth-order valence-electron chi connectivity index (χ4n) is 3.09. The first kappa shape index (κ1) is 25.1. The summed E-state index contributed by atoms with van der Waals surface area (Å²) in [5.41, 5.74) is 2.74. The number of carboxylic acid groups (broad SMARTS) is 1. The van der Waals surface area contributed by atoms with Crippen LogP contribution < -0.4 is 4.74 Å². The second kappa shape index (κ2) is 11.1. The summed E-state index contributed by atoms with van der Waals surface area (Å²) in [6.07, 6.45) is -4.00. The number of halogens is 4. The second-order valence-electron chi connectivity index (χ2n) is 7.47. The Bertz CT molecular complexity index is 1160. The number of oxime groups is 1. The highest BCUT2D eigenvalue weighted by atomic mass is 35.5. The van der Waals surface area contributed by atoms with Crippen LogP contribution >= 0.6 is 11.6 Å². The van der Waals surface area contributed by atoms with E-state index in [4.69, 9.17) is 26.3 Å². The van der Waals surface area contributed by atoms with Crippen LogP contribution in [0.25, 0.3) is 0 Å². The Morgan fingerprint density at radius 3 is 2.24 bits per heavy atom. The summed E-state index contributed by atoms with van der Waals surface area (Å²) in [6.45, 7) is 1.31. The largest absolute Gasteiger partial charge is 0.482 e. The summed E-state index contributed by atoms with van der Waals surface area (Å²) in [4.78, 5) is 16.2. The molecular formula is C25H21ClF3NO4. The first-order valence-electron chi connectivity index (χ1n) is 10.2. The molecule has 0 aliphatic carbocycles. The summed E-state index contributed by atoms with van der Waals surface area (Å²) < 4.78 is 43.5. The number of aliphatic carboxylic acids is 1. The van der Waals surface area contributed by atoms with Gasteiger partial charge in [0.25, 0.3) is 0 Å². The van der Waals surface area contributed by atoms with Gasteiger partial charge in [-0.3, -0.25) is 0 Å². The minimum Gasteiger partial charge on any atom is -0.482 e. The Labute approximate surface area is 199 Å². The minimum absolute atomic E-state index is 0.0129. The lowest BCUT2D eigenvalue weighted by atomic mass is 10.0. The number of alkyl halides is 3. The molecule has 9 heteroatoms.